The first kappa shape index (κ1) is 35.0. The predicted octanol–water partition coefficient (Wildman–Crippen LogP) is 6.34. The van der Waals surface area contributed by atoms with Crippen molar-refractivity contribution in [3.8, 4) is 11.5 Å². The van der Waals surface area contributed by atoms with Crippen molar-refractivity contribution in [1.82, 2.24) is 9.80 Å². The Morgan fingerprint density at radius 1 is 1.02 bits per heavy atom. The number of aliphatic hydroxyl groups excluding tert-OH is 1. The molecule has 0 unspecified atom stereocenters. The third-order valence-corrected chi connectivity index (χ3v) is 7.89. The van der Waals surface area contributed by atoms with Crippen LogP contribution in [-0.4, -0.2) is 61.3 Å². The summed E-state index contributed by atoms with van der Waals surface area (Å²) < 4.78 is 59.2. The number of unbranched alkanes of at least 4 members (excludes halogenated alkanes) is 1. The van der Waals surface area contributed by atoms with Crippen molar-refractivity contribution in [3.05, 3.63) is 83.4 Å². The van der Waals surface area contributed by atoms with E-state index >= 15 is 0 Å². The van der Waals surface area contributed by atoms with Crippen LogP contribution in [0.15, 0.2) is 60.7 Å². The van der Waals surface area contributed by atoms with Crippen molar-refractivity contribution in [2.45, 2.75) is 51.8 Å². The van der Waals surface area contributed by atoms with Gasteiger partial charge in [0.05, 0.1) is 18.6 Å². The molecule has 0 radical (unpaired) electrons. The van der Waals surface area contributed by atoms with Gasteiger partial charge in [-0.1, -0.05) is 25.5 Å². The number of nitrogens with zero attached hydrogens (tertiary/aromatic N) is 2. The molecule has 3 aromatic rings. The molecule has 1 heterocycles. The lowest BCUT2D eigenvalue weighted by molar-refractivity contribution is 0.122. The average Bonchev–Trinajstić information content (AvgIpc) is 2.97. The van der Waals surface area contributed by atoms with E-state index in [1.807, 2.05) is 31.2 Å². The van der Waals surface area contributed by atoms with Gasteiger partial charge in [0, 0.05) is 49.5 Å². The number of hydrogen-bond acceptors (Lipinski definition) is 6. The van der Waals surface area contributed by atoms with Gasteiger partial charge in [-0.05, 0) is 67.3 Å². The van der Waals surface area contributed by atoms with Gasteiger partial charge in [-0.2, -0.15) is 0 Å². The Hall–Kier alpha value is -3.45. The molecule has 0 aromatic heterocycles. The molecular formula is C31H39ClF2N4O5S. The number of carbonyl (C=O) groups is 1. The molecular weight excluding hydrogens is 614 g/mol. The van der Waals surface area contributed by atoms with Crippen LogP contribution in [0.1, 0.15) is 43.7 Å². The lowest BCUT2D eigenvalue weighted by atomic mass is 10.0. The summed E-state index contributed by atoms with van der Waals surface area (Å²) in [5, 5.41) is 11.9. The lowest BCUT2D eigenvalue weighted by Crippen LogP contribution is -2.49. The van der Waals surface area contributed by atoms with E-state index in [-0.39, 0.29) is 29.7 Å². The molecule has 0 bridgehead atoms. The molecule has 0 atom stereocenters. The fraction of sp³-hybridized carbons (Fsp3) is 0.387. The number of urea groups is 1. The molecule has 1 fully saturated rings. The van der Waals surface area contributed by atoms with Crippen LogP contribution in [0.3, 0.4) is 0 Å². The normalized spacial score (nSPS) is 14.0. The zero-order chi connectivity index (χ0) is 31.0. The van der Waals surface area contributed by atoms with Crippen LogP contribution in [-0.2, 0) is 23.2 Å². The zero-order valence-corrected chi connectivity index (χ0v) is 26.4. The number of sulfonamides is 1. The number of aliphatic hydroxyl groups is 1. The molecule has 0 spiro atoms. The molecule has 1 aliphatic rings. The molecule has 240 valence electrons. The first-order valence-electron chi connectivity index (χ1n) is 14.3. The van der Waals surface area contributed by atoms with Crippen LogP contribution in [0, 0.1) is 11.6 Å². The van der Waals surface area contributed by atoms with Gasteiger partial charge < -0.3 is 20.1 Å². The lowest BCUT2D eigenvalue weighted by Gasteiger charge is -2.38. The van der Waals surface area contributed by atoms with Crippen molar-refractivity contribution in [3.63, 3.8) is 0 Å². The monoisotopic (exact) mass is 652 g/mol. The van der Waals surface area contributed by atoms with Crippen molar-refractivity contribution in [1.29, 1.82) is 0 Å². The number of piperidine rings is 1. The number of nitrogens with one attached hydrogen (secondary N) is 2. The molecule has 9 nitrogen and oxygen atoms in total. The number of rotatable bonds is 12. The summed E-state index contributed by atoms with van der Waals surface area (Å²) in [5.74, 6) is -0.495. The maximum atomic E-state index is 14.4. The Bertz CT molecular complexity index is 1490. The number of amides is 2. The van der Waals surface area contributed by atoms with Gasteiger partial charge in [0.1, 0.15) is 23.1 Å². The number of anilines is 2. The molecule has 13 heteroatoms. The number of carbonyl (C=O) groups excluding carboxylic acids is 1. The standard InChI is InChI=1S/C31H38F2N4O5S.ClH/c1-3-4-15-37(31(39)34-30-18-23(21-38)28(32)19-29(30)33)25-13-16-36(17-14-25)20-22-5-9-26(10-6-22)42-27-11-7-24(8-12-27)35-43(2,40)41;/h5-12,18-19,25,35,38H,3-4,13-17,20-21H2,1-2H3,(H,34,39);1H. The van der Waals surface area contributed by atoms with Crippen LogP contribution in [0.5, 0.6) is 11.5 Å². The number of halogens is 3. The Morgan fingerprint density at radius 3 is 2.20 bits per heavy atom. The molecule has 44 heavy (non-hydrogen) atoms. The second kappa shape index (κ2) is 16.0. The Kier molecular flexibility index (Phi) is 12.8. The van der Waals surface area contributed by atoms with E-state index in [4.69, 9.17) is 4.74 Å². The van der Waals surface area contributed by atoms with E-state index in [2.05, 4.69) is 14.9 Å². The Morgan fingerprint density at radius 2 is 1.64 bits per heavy atom. The van der Waals surface area contributed by atoms with Crippen molar-refractivity contribution in [2.24, 2.45) is 0 Å². The molecule has 1 aliphatic heterocycles. The highest BCUT2D eigenvalue weighted by Crippen LogP contribution is 2.26. The summed E-state index contributed by atoms with van der Waals surface area (Å²) in [6.45, 7) is 4.28. The van der Waals surface area contributed by atoms with E-state index in [0.29, 0.717) is 29.8 Å². The van der Waals surface area contributed by atoms with Crippen LogP contribution in [0.25, 0.3) is 0 Å². The zero-order valence-electron chi connectivity index (χ0n) is 24.8. The maximum Gasteiger partial charge on any atom is 0.322 e. The fourth-order valence-corrected chi connectivity index (χ4v) is 5.59. The summed E-state index contributed by atoms with van der Waals surface area (Å²) in [6, 6.07) is 15.8. The summed E-state index contributed by atoms with van der Waals surface area (Å²) in [6.07, 6.45) is 4.32. The highest BCUT2D eigenvalue weighted by Gasteiger charge is 2.28. The van der Waals surface area contributed by atoms with E-state index in [9.17, 15) is 27.1 Å². The molecule has 3 N–H and O–H groups in total. The van der Waals surface area contributed by atoms with Crippen LogP contribution >= 0.6 is 12.4 Å². The first-order chi connectivity index (χ1) is 20.5. The SMILES string of the molecule is CCCCN(C(=O)Nc1cc(CO)c(F)cc1F)C1CCN(Cc2ccc(Oc3ccc(NS(C)(=O)=O)cc3)cc2)CC1.Cl. The van der Waals surface area contributed by atoms with Gasteiger partial charge in [-0.15, -0.1) is 12.4 Å². The summed E-state index contributed by atoms with van der Waals surface area (Å²) in [5.41, 5.74) is 1.35. The van der Waals surface area contributed by atoms with Crippen LogP contribution < -0.4 is 14.8 Å². The van der Waals surface area contributed by atoms with Gasteiger partial charge in [0.2, 0.25) is 10.0 Å². The first-order valence-corrected chi connectivity index (χ1v) is 16.2. The van der Waals surface area contributed by atoms with Crippen LogP contribution in [0.4, 0.5) is 25.0 Å². The third-order valence-electron chi connectivity index (χ3n) is 7.28. The minimum absolute atomic E-state index is 0. The second-order valence-corrected chi connectivity index (χ2v) is 12.5. The fourth-order valence-electron chi connectivity index (χ4n) is 5.03. The molecule has 0 aliphatic carbocycles. The van der Waals surface area contributed by atoms with Gasteiger partial charge in [0.15, 0.2) is 0 Å². The topological polar surface area (TPSA) is 111 Å². The maximum absolute atomic E-state index is 14.4. The number of benzene rings is 3. The molecule has 0 saturated carbocycles. The molecule has 1 saturated heterocycles. The van der Waals surface area contributed by atoms with E-state index in [1.54, 1.807) is 29.2 Å². The number of hydrogen-bond donors (Lipinski definition) is 3. The van der Waals surface area contributed by atoms with Gasteiger partial charge in [-0.25, -0.2) is 22.0 Å². The second-order valence-electron chi connectivity index (χ2n) is 10.7. The van der Waals surface area contributed by atoms with Gasteiger partial charge in [-0.3, -0.25) is 9.62 Å². The smallest absolute Gasteiger partial charge is 0.322 e. The summed E-state index contributed by atoms with van der Waals surface area (Å²) in [7, 11) is -3.34. The molecule has 2 amide bonds. The highest BCUT2D eigenvalue weighted by atomic mass is 35.5. The van der Waals surface area contributed by atoms with Gasteiger partial charge in [0.25, 0.3) is 0 Å². The minimum atomic E-state index is -3.34. The Labute approximate surface area is 263 Å². The predicted molar refractivity (Wildman–Crippen MR) is 170 cm³/mol. The minimum Gasteiger partial charge on any atom is -0.457 e. The van der Waals surface area contributed by atoms with E-state index in [0.717, 1.165) is 63.2 Å². The largest absolute Gasteiger partial charge is 0.457 e. The highest BCUT2D eigenvalue weighted by molar-refractivity contribution is 7.92. The van der Waals surface area contributed by atoms with Crippen molar-refractivity contribution < 1.29 is 31.8 Å². The molecule has 4 rings (SSSR count). The molecule has 3 aromatic carbocycles. The van der Waals surface area contributed by atoms with E-state index in [1.165, 1.54) is 0 Å². The Balaban J connectivity index is 0.00000529. The van der Waals surface area contributed by atoms with Gasteiger partial charge >= 0.3 is 6.03 Å². The van der Waals surface area contributed by atoms with Crippen molar-refractivity contribution >= 4 is 39.8 Å². The number of ether oxygens (including phenoxy) is 1. The summed E-state index contributed by atoms with van der Waals surface area (Å²) in [4.78, 5) is 17.3. The average molecular weight is 653 g/mol. The van der Waals surface area contributed by atoms with E-state index < -0.39 is 34.3 Å². The number of likely N-dealkylation sites (tertiary alicyclic amines) is 1. The summed E-state index contributed by atoms with van der Waals surface area (Å²) >= 11 is 0. The third kappa shape index (κ3) is 10.0. The van der Waals surface area contributed by atoms with Crippen molar-refractivity contribution in [2.75, 3.05) is 35.9 Å². The van der Waals surface area contributed by atoms with Crippen LogP contribution in [0.2, 0.25) is 0 Å². The quantitative estimate of drug-likeness (QED) is 0.211.